The average Bonchev–Trinajstić information content (AvgIpc) is 2.48. The maximum absolute atomic E-state index is 12.0. The van der Waals surface area contributed by atoms with Gasteiger partial charge in [-0.2, -0.15) is 0 Å². The van der Waals surface area contributed by atoms with Crippen molar-refractivity contribution in [3.8, 4) is 11.5 Å². The number of phenolic OH excluding ortho intramolecular Hbond substituents is 2. The van der Waals surface area contributed by atoms with Crippen molar-refractivity contribution in [2.24, 2.45) is 0 Å². The van der Waals surface area contributed by atoms with Crippen molar-refractivity contribution in [2.75, 3.05) is 6.54 Å². The monoisotopic (exact) mass is 271 g/mol. The zero-order valence-electron chi connectivity index (χ0n) is 11.2. The number of hydrogen-bond acceptors (Lipinski definition) is 4. The fourth-order valence-electron chi connectivity index (χ4n) is 1.90. The van der Waals surface area contributed by atoms with E-state index in [1.165, 1.54) is 18.2 Å². The Bertz CT molecular complexity index is 596. The van der Waals surface area contributed by atoms with Crippen molar-refractivity contribution in [3.63, 3.8) is 0 Å². The normalized spacial score (nSPS) is 12.1. The Morgan fingerprint density at radius 3 is 2.45 bits per heavy atom. The van der Waals surface area contributed by atoms with Gasteiger partial charge >= 0.3 is 0 Å². The fourth-order valence-corrected chi connectivity index (χ4v) is 1.90. The molecule has 0 aliphatic carbocycles. The number of nitrogens with one attached hydrogen (secondary N) is 1. The van der Waals surface area contributed by atoms with Crippen molar-refractivity contribution in [1.29, 1.82) is 0 Å². The third kappa shape index (κ3) is 3.36. The maximum atomic E-state index is 12.0. The summed E-state index contributed by atoms with van der Waals surface area (Å²) in [6.45, 7) is 2.15. The summed E-state index contributed by atoms with van der Waals surface area (Å²) in [4.78, 5) is 12.0. The van der Waals surface area contributed by atoms with Crippen LogP contribution in [0.25, 0.3) is 0 Å². The van der Waals surface area contributed by atoms with Gasteiger partial charge in [0.2, 0.25) is 0 Å². The van der Waals surface area contributed by atoms with E-state index in [4.69, 9.17) is 0 Å². The number of ketones is 1. The van der Waals surface area contributed by atoms with Crippen LogP contribution in [0, 0.1) is 0 Å². The summed E-state index contributed by atoms with van der Waals surface area (Å²) in [5.74, 6) is -0.651. The minimum Gasteiger partial charge on any atom is -0.504 e. The van der Waals surface area contributed by atoms with E-state index < -0.39 is 0 Å². The van der Waals surface area contributed by atoms with Crippen LogP contribution in [0.15, 0.2) is 48.5 Å². The number of aromatic hydroxyl groups is 2. The molecule has 0 aliphatic rings. The van der Waals surface area contributed by atoms with Crippen LogP contribution in [0.1, 0.15) is 28.9 Å². The summed E-state index contributed by atoms with van der Waals surface area (Å²) >= 11 is 0. The van der Waals surface area contributed by atoms with Crippen molar-refractivity contribution in [3.05, 3.63) is 59.7 Å². The molecule has 0 saturated carbocycles. The highest BCUT2D eigenvalue weighted by Gasteiger charge is 2.11. The summed E-state index contributed by atoms with van der Waals surface area (Å²) in [5, 5.41) is 21.7. The Kier molecular flexibility index (Phi) is 4.38. The summed E-state index contributed by atoms with van der Waals surface area (Å²) in [7, 11) is 0. The molecule has 0 fully saturated rings. The molecule has 1 unspecified atom stereocenters. The lowest BCUT2D eigenvalue weighted by atomic mass is 10.1. The van der Waals surface area contributed by atoms with E-state index in [0.717, 1.165) is 5.56 Å². The number of carbonyl (C=O) groups excluding carboxylic acids is 1. The predicted octanol–water partition coefficient (Wildman–Crippen LogP) is 2.63. The van der Waals surface area contributed by atoms with E-state index >= 15 is 0 Å². The molecular formula is C16H17NO3. The van der Waals surface area contributed by atoms with Crippen LogP contribution in [-0.4, -0.2) is 22.5 Å². The van der Waals surface area contributed by atoms with Gasteiger partial charge in [0.25, 0.3) is 0 Å². The molecule has 0 heterocycles. The zero-order valence-corrected chi connectivity index (χ0v) is 11.2. The Balaban J connectivity index is 1.97. The van der Waals surface area contributed by atoms with Crippen molar-refractivity contribution >= 4 is 5.78 Å². The van der Waals surface area contributed by atoms with Gasteiger partial charge < -0.3 is 15.5 Å². The van der Waals surface area contributed by atoms with Gasteiger partial charge in [-0.3, -0.25) is 4.79 Å². The molecule has 1 atom stereocenters. The molecule has 0 amide bonds. The van der Waals surface area contributed by atoms with Crippen LogP contribution in [-0.2, 0) is 0 Å². The second-order valence-corrected chi connectivity index (χ2v) is 4.64. The predicted molar refractivity (Wildman–Crippen MR) is 77.0 cm³/mol. The first kappa shape index (κ1) is 14.1. The van der Waals surface area contributed by atoms with Crippen LogP contribution in [0.4, 0.5) is 0 Å². The van der Waals surface area contributed by atoms with Gasteiger partial charge in [-0.25, -0.2) is 0 Å². The highest BCUT2D eigenvalue weighted by atomic mass is 16.3. The van der Waals surface area contributed by atoms with Gasteiger partial charge in [-0.1, -0.05) is 30.3 Å². The highest BCUT2D eigenvalue weighted by Crippen LogP contribution is 2.25. The van der Waals surface area contributed by atoms with Gasteiger partial charge in [-0.15, -0.1) is 0 Å². The second kappa shape index (κ2) is 6.21. The van der Waals surface area contributed by atoms with Crippen LogP contribution in [0.3, 0.4) is 0 Å². The third-order valence-electron chi connectivity index (χ3n) is 3.17. The number of carbonyl (C=O) groups is 1. The van der Waals surface area contributed by atoms with Gasteiger partial charge in [0.05, 0.1) is 6.54 Å². The van der Waals surface area contributed by atoms with Gasteiger partial charge in [0.1, 0.15) is 0 Å². The van der Waals surface area contributed by atoms with Crippen LogP contribution in [0.2, 0.25) is 0 Å². The number of phenols is 2. The first-order valence-electron chi connectivity index (χ1n) is 6.41. The van der Waals surface area contributed by atoms with Gasteiger partial charge in [-0.05, 0) is 30.7 Å². The van der Waals surface area contributed by atoms with Crippen LogP contribution >= 0.6 is 0 Å². The lowest BCUT2D eigenvalue weighted by Crippen LogP contribution is -2.25. The Morgan fingerprint density at radius 1 is 1.10 bits per heavy atom. The van der Waals surface area contributed by atoms with E-state index in [-0.39, 0.29) is 29.9 Å². The van der Waals surface area contributed by atoms with E-state index in [0.29, 0.717) is 5.56 Å². The molecule has 104 valence electrons. The first-order chi connectivity index (χ1) is 9.58. The molecule has 0 aliphatic heterocycles. The number of Topliss-reactive ketones (excluding diaryl/α,β-unsaturated/α-hetero) is 1. The minimum absolute atomic E-state index is 0.0610. The number of rotatable bonds is 5. The van der Waals surface area contributed by atoms with Gasteiger partial charge in [0, 0.05) is 11.6 Å². The summed E-state index contributed by atoms with van der Waals surface area (Å²) in [5.41, 5.74) is 1.47. The maximum Gasteiger partial charge on any atom is 0.176 e. The molecule has 2 aromatic rings. The van der Waals surface area contributed by atoms with E-state index in [9.17, 15) is 15.0 Å². The Morgan fingerprint density at radius 2 is 1.80 bits per heavy atom. The second-order valence-electron chi connectivity index (χ2n) is 4.64. The summed E-state index contributed by atoms with van der Waals surface area (Å²) < 4.78 is 0. The van der Waals surface area contributed by atoms with Crippen LogP contribution in [0.5, 0.6) is 11.5 Å². The molecule has 2 aromatic carbocycles. The topological polar surface area (TPSA) is 69.6 Å². The molecule has 0 bridgehead atoms. The van der Waals surface area contributed by atoms with E-state index in [1.54, 1.807) is 0 Å². The quantitative estimate of drug-likeness (QED) is 0.577. The molecule has 4 heteroatoms. The first-order valence-corrected chi connectivity index (χ1v) is 6.41. The molecule has 0 saturated heterocycles. The molecule has 2 rings (SSSR count). The van der Waals surface area contributed by atoms with Crippen LogP contribution < -0.4 is 5.32 Å². The molecule has 0 radical (unpaired) electrons. The summed E-state index contributed by atoms with van der Waals surface area (Å²) in [6, 6.07) is 14.0. The SMILES string of the molecule is CC(NCC(=O)c1ccc(O)c(O)c1)c1ccccc1. The van der Waals surface area contributed by atoms with Crippen molar-refractivity contribution in [2.45, 2.75) is 13.0 Å². The minimum atomic E-state index is -0.285. The molecule has 3 N–H and O–H groups in total. The molecule has 20 heavy (non-hydrogen) atoms. The zero-order chi connectivity index (χ0) is 14.5. The average molecular weight is 271 g/mol. The third-order valence-corrected chi connectivity index (χ3v) is 3.17. The molecular weight excluding hydrogens is 254 g/mol. The number of benzene rings is 2. The summed E-state index contributed by atoms with van der Waals surface area (Å²) in [6.07, 6.45) is 0. The fraction of sp³-hybridized carbons (Fsp3) is 0.188. The van der Waals surface area contributed by atoms with Gasteiger partial charge in [0.15, 0.2) is 17.3 Å². The Hall–Kier alpha value is -2.33. The Labute approximate surface area is 117 Å². The van der Waals surface area contributed by atoms with Crippen molar-refractivity contribution in [1.82, 2.24) is 5.32 Å². The van der Waals surface area contributed by atoms with Crippen molar-refractivity contribution < 1.29 is 15.0 Å². The molecule has 0 spiro atoms. The standard InChI is InChI=1S/C16H17NO3/c1-11(12-5-3-2-4-6-12)17-10-16(20)13-7-8-14(18)15(19)9-13/h2-9,11,17-19H,10H2,1H3. The molecule has 0 aromatic heterocycles. The lowest BCUT2D eigenvalue weighted by Gasteiger charge is -2.13. The highest BCUT2D eigenvalue weighted by molar-refractivity contribution is 5.98. The van der Waals surface area contributed by atoms with E-state index in [2.05, 4.69) is 5.32 Å². The number of hydrogen-bond donors (Lipinski definition) is 3. The lowest BCUT2D eigenvalue weighted by molar-refractivity contribution is 0.0987. The van der Waals surface area contributed by atoms with E-state index in [1.807, 2.05) is 37.3 Å². The largest absolute Gasteiger partial charge is 0.504 e. The smallest absolute Gasteiger partial charge is 0.176 e. The molecule has 4 nitrogen and oxygen atoms in total.